The van der Waals surface area contributed by atoms with Crippen LogP contribution in [-0.4, -0.2) is 23.1 Å². The second-order valence-corrected chi connectivity index (χ2v) is 3.49. The third-order valence-electron chi connectivity index (χ3n) is 1.69. The van der Waals surface area contributed by atoms with E-state index in [-0.39, 0.29) is 12.1 Å². The van der Waals surface area contributed by atoms with Crippen molar-refractivity contribution in [1.82, 2.24) is 10.6 Å². The lowest BCUT2D eigenvalue weighted by Gasteiger charge is -2.12. The third-order valence-corrected chi connectivity index (χ3v) is 2.04. The summed E-state index contributed by atoms with van der Waals surface area (Å²) < 4.78 is 0. The zero-order chi connectivity index (χ0) is 9.14. The number of rotatable bonds is 3. The maximum absolute atomic E-state index is 11.1. The lowest BCUT2D eigenvalue weighted by molar-refractivity contribution is 0.239. The smallest absolute Gasteiger partial charge is 0.315 e. The van der Waals surface area contributed by atoms with Crippen LogP contribution in [0.25, 0.3) is 0 Å². The van der Waals surface area contributed by atoms with E-state index in [2.05, 4.69) is 10.6 Å². The fraction of sp³-hybridized carbons (Fsp3) is 0.714. The minimum atomic E-state index is -0.237. The third kappa shape index (κ3) is 3.04. The molecule has 5 heteroatoms. The van der Waals surface area contributed by atoms with Gasteiger partial charge < -0.3 is 16.4 Å². The van der Waals surface area contributed by atoms with Gasteiger partial charge in [-0.05, 0) is 19.8 Å². The zero-order valence-electron chi connectivity index (χ0n) is 6.96. The van der Waals surface area contributed by atoms with Gasteiger partial charge in [0.25, 0.3) is 0 Å². The minimum absolute atomic E-state index is 0.183. The first-order valence-corrected chi connectivity index (χ1v) is 4.37. The summed E-state index contributed by atoms with van der Waals surface area (Å²) in [6.45, 7) is 1.76. The first kappa shape index (κ1) is 9.25. The SMILES string of the molecule is CC(NC(=O)NC1CC1)C(N)=S. The highest BCUT2D eigenvalue weighted by atomic mass is 32.1. The van der Waals surface area contributed by atoms with Gasteiger partial charge in [0, 0.05) is 6.04 Å². The summed E-state index contributed by atoms with van der Waals surface area (Å²) in [7, 11) is 0. The summed E-state index contributed by atoms with van der Waals surface area (Å²) in [6, 6.07) is -0.0555. The molecule has 1 fully saturated rings. The van der Waals surface area contributed by atoms with Crippen LogP contribution in [0.15, 0.2) is 0 Å². The van der Waals surface area contributed by atoms with E-state index in [0.29, 0.717) is 11.0 Å². The molecule has 2 amide bonds. The Balaban J connectivity index is 2.19. The number of thiocarbonyl (C=S) groups is 1. The van der Waals surface area contributed by atoms with Crippen molar-refractivity contribution in [2.75, 3.05) is 0 Å². The van der Waals surface area contributed by atoms with Crippen LogP contribution >= 0.6 is 12.2 Å². The van der Waals surface area contributed by atoms with Gasteiger partial charge in [0.1, 0.15) is 0 Å². The first-order chi connectivity index (χ1) is 5.59. The number of amides is 2. The van der Waals surface area contributed by atoms with Crippen LogP contribution in [0.3, 0.4) is 0 Å². The van der Waals surface area contributed by atoms with Gasteiger partial charge in [-0.25, -0.2) is 4.79 Å². The lowest BCUT2D eigenvalue weighted by Crippen LogP contribution is -2.46. The Hall–Kier alpha value is -0.840. The summed E-state index contributed by atoms with van der Waals surface area (Å²) in [6.07, 6.45) is 2.16. The average Bonchev–Trinajstić information content (AvgIpc) is 2.71. The molecule has 0 aromatic heterocycles. The zero-order valence-corrected chi connectivity index (χ0v) is 7.78. The van der Waals surface area contributed by atoms with Crippen LogP contribution in [0.5, 0.6) is 0 Å². The maximum atomic E-state index is 11.1. The quantitative estimate of drug-likeness (QED) is 0.550. The summed E-state index contributed by atoms with van der Waals surface area (Å²) in [4.78, 5) is 11.4. The molecule has 1 saturated carbocycles. The Kier molecular flexibility index (Phi) is 2.86. The number of nitrogens with two attached hydrogens (primary N) is 1. The summed E-state index contributed by atoms with van der Waals surface area (Å²) in [5.41, 5.74) is 5.32. The normalized spacial score (nSPS) is 18.1. The van der Waals surface area contributed by atoms with Crippen LogP contribution in [0, 0.1) is 0 Å². The Morgan fingerprint density at radius 2 is 2.25 bits per heavy atom. The minimum Gasteiger partial charge on any atom is -0.392 e. The van der Waals surface area contributed by atoms with Crippen molar-refractivity contribution in [3.05, 3.63) is 0 Å². The van der Waals surface area contributed by atoms with Gasteiger partial charge in [-0.3, -0.25) is 0 Å². The Morgan fingerprint density at radius 1 is 1.67 bits per heavy atom. The van der Waals surface area contributed by atoms with Crippen LogP contribution in [0.2, 0.25) is 0 Å². The Labute approximate surface area is 76.9 Å². The molecule has 1 aliphatic rings. The number of carbonyl (C=O) groups is 1. The highest BCUT2D eigenvalue weighted by molar-refractivity contribution is 7.80. The molecule has 0 saturated heterocycles. The van der Waals surface area contributed by atoms with E-state index < -0.39 is 0 Å². The van der Waals surface area contributed by atoms with Crippen LogP contribution in [0.1, 0.15) is 19.8 Å². The van der Waals surface area contributed by atoms with Crippen molar-refractivity contribution in [3.63, 3.8) is 0 Å². The highest BCUT2D eigenvalue weighted by Crippen LogP contribution is 2.18. The number of hydrogen-bond donors (Lipinski definition) is 3. The topological polar surface area (TPSA) is 67.2 Å². The number of nitrogens with one attached hydrogen (secondary N) is 2. The van der Waals surface area contributed by atoms with E-state index in [4.69, 9.17) is 18.0 Å². The molecule has 1 atom stereocenters. The van der Waals surface area contributed by atoms with E-state index in [1.54, 1.807) is 6.92 Å². The monoisotopic (exact) mass is 187 g/mol. The number of carbonyl (C=O) groups excluding carboxylic acids is 1. The Bertz CT molecular complexity index is 203. The highest BCUT2D eigenvalue weighted by Gasteiger charge is 2.23. The van der Waals surface area contributed by atoms with Crippen molar-refractivity contribution in [2.24, 2.45) is 5.73 Å². The van der Waals surface area contributed by atoms with Crippen LogP contribution < -0.4 is 16.4 Å². The van der Waals surface area contributed by atoms with Gasteiger partial charge in [-0.15, -0.1) is 0 Å². The second kappa shape index (κ2) is 3.71. The molecular formula is C7H13N3OS. The van der Waals surface area contributed by atoms with E-state index in [9.17, 15) is 4.79 Å². The molecule has 0 bridgehead atoms. The van der Waals surface area contributed by atoms with Crippen LogP contribution in [0.4, 0.5) is 4.79 Å². The van der Waals surface area contributed by atoms with Gasteiger partial charge in [-0.1, -0.05) is 12.2 Å². The summed E-state index contributed by atoms with van der Waals surface area (Å²) >= 11 is 4.70. The van der Waals surface area contributed by atoms with E-state index >= 15 is 0 Å². The van der Waals surface area contributed by atoms with E-state index in [1.807, 2.05) is 0 Å². The summed E-state index contributed by atoms with van der Waals surface area (Å²) in [5.74, 6) is 0. The molecule has 0 heterocycles. The molecule has 1 rings (SSSR count). The van der Waals surface area contributed by atoms with E-state index in [0.717, 1.165) is 12.8 Å². The molecule has 1 aliphatic carbocycles. The molecule has 0 aromatic rings. The Morgan fingerprint density at radius 3 is 2.67 bits per heavy atom. The summed E-state index contributed by atoms with van der Waals surface area (Å²) in [5, 5.41) is 5.41. The average molecular weight is 187 g/mol. The predicted molar refractivity (Wildman–Crippen MR) is 50.9 cm³/mol. The van der Waals surface area contributed by atoms with Gasteiger partial charge in [0.2, 0.25) is 0 Å². The fourth-order valence-corrected chi connectivity index (χ4v) is 0.781. The molecule has 1 unspecified atom stereocenters. The van der Waals surface area contributed by atoms with Crippen molar-refractivity contribution >= 4 is 23.2 Å². The fourth-order valence-electron chi connectivity index (χ4n) is 0.723. The van der Waals surface area contributed by atoms with Gasteiger partial charge >= 0.3 is 6.03 Å². The molecular weight excluding hydrogens is 174 g/mol. The first-order valence-electron chi connectivity index (χ1n) is 3.96. The van der Waals surface area contributed by atoms with Crippen molar-refractivity contribution in [3.8, 4) is 0 Å². The van der Waals surface area contributed by atoms with Gasteiger partial charge in [0.05, 0.1) is 11.0 Å². The van der Waals surface area contributed by atoms with Crippen molar-refractivity contribution in [2.45, 2.75) is 31.8 Å². The predicted octanol–water partition coefficient (Wildman–Crippen LogP) is 0.123. The molecule has 0 radical (unpaired) electrons. The standard InChI is InChI=1S/C7H13N3OS/c1-4(6(8)12)9-7(11)10-5-2-3-5/h4-5H,2-3H2,1H3,(H2,8,12)(H2,9,10,11). The molecule has 4 nitrogen and oxygen atoms in total. The molecule has 12 heavy (non-hydrogen) atoms. The molecule has 0 spiro atoms. The van der Waals surface area contributed by atoms with Gasteiger partial charge in [0.15, 0.2) is 0 Å². The number of urea groups is 1. The van der Waals surface area contributed by atoms with E-state index in [1.165, 1.54) is 0 Å². The van der Waals surface area contributed by atoms with Crippen molar-refractivity contribution in [1.29, 1.82) is 0 Å². The molecule has 0 aliphatic heterocycles. The molecule has 68 valence electrons. The molecule has 4 N–H and O–H groups in total. The number of hydrogen-bond acceptors (Lipinski definition) is 2. The lowest BCUT2D eigenvalue weighted by atomic mass is 10.3. The maximum Gasteiger partial charge on any atom is 0.315 e. The largest absolute Gasteiger partial charge is 0.392 e. The van der Waals surface area contributed by atoms with Crippen molar-refractivity contribution < 1.29 is 4.79 Å². The van der Waals surface area contributed by atoms with Crippen LogP contribution in [-0.2, 0) is 0 Å². The molecule has 0 aromatic carbocycles. The van der Waals surface area contributed by atoms with Gasteiger partial charge in [-0.2, -0.15) is 0 Å². The second-order valence-electron chi connectivity index (χ2n) is 3.02.